The van der Waals surface area contributed by atoms with Crippen LogP contribution in [0.15, 0.2) is 42.0 Å². The number of hydrogen-bond donors (Lipinski definition) is 3. The molecule has 26 heavy (non-hydrogen) atoms. The SMILES string of the molecule is O=C(O)/C=C/CCC1=CCC2(CO)COC(c3ccc(O)c(F)c3)C1C2. The molecule has 140 valence electrons. The van der Waals surface area contributed by atoms with Gasteiger partial charge in [-0.05, 0) is 43.4 Å². The van der Waals surface area contributed by atoms with Crippen LogP contribution in [0.3, 0.4) is 0 Å². The largest absolute Gasteiger partial charge is 0.505 e. The number of carbonyl (C=O) groups is 1. The Morgan fingerprint density at radius 1 is 1.42 bits per heavy atom. The van der Waals surface area contributed by atoms with E-state index in [1.54, 1.807) is 12.1 Å². The molecule has 1 aromatic rings. The molecule has 0 aromatic heterocycles. The van der Waals surface area contributed by atoms with Gasteiger partial charge in [-0.25, -0.2) is 9.18 Å². The Bertz CT molecular complexity index is 742. The number of rotatable bonds is 6. The predicted molar refractivity (Wildman–Crippen MR) is 93.1 cm³/mol. The zero-order chi connectivity index (χ0) is 18.7. The first-order valence-electron chi connectivity index (χ1n) is 8.73. The monoisotopic (exact) mass is 362 g/mol. The highest BCUT2D eigenvalue weighted by atomic mass is 19.1. The number of aliphatic hydroxyl groups is 1. The predicted octanol–water partition coefficient (Wildman–Crippen LogP) is 3.34. The Balaban J connectivity index is 1.83. The molecule has 1 aliphatic heterocycles. The fourth-order valence-corrected chi connectivity index (χ4v) is 3.91. The lowest BCUT2D eigenvalue weighted by Gasteiger charge is -2.47. The van der Waals surface area contributed by atoms with Crippen LogP contribution in [0.2, 0.25) is 0 Å². The van der Waals surface area contributed by atoms with Gasteiger partial charge < -0.3 is 20.1 Å². The van der Waals surface area contributed by atoms with Gasteiger partial charge in [0, 0.05) is 17.4 Å². The number of fused-ring (bicyclic) bond motifs is 2. The minimum Gasteiger partial charge on any atom is -0.505 e. The van der Waals surface area contributed by atoms with Crippen LogP contribution in [0.5, 0.6) is 5.75 Å². The number of aliphatic carboxylic acids is 1. The molecule has 5 nitrogen and oxygen atoms in total. The summed E-state index contributed by atoms with van der Waals surface area (Å²) >= 11 is 0. The standard InChI is InChI=1S/C20H23FO5/c21-16-9-14(5-6-17(16)23)19-15-10-20(11-22,12-26-19)8-7-13(15)3-1-2-4-18(24)25/h2,4-7,9,15,19,22-23H,1,3,8,10-12H2,(H,24,25)/b4-2+. The molecule has 0 spiro atoms. The van der Waals surface area contributed by atoms with Crippen molar-refractivity contribution in [2.75, 3.05) is 13.2 Å². The third-order valence-corrected chi connectivity index (χ3v) is 5.36. The summed E-state index contributed by atoms with van der Waals surface area (Å²) in [6.45, 7) is 0.429. The molecule has 3 rings (SSSR count). The molecule has 1 fully saturated rings. The van der Waals surface area contributed by atoms with Gasteiger partial charge in [-0.2, -0.15) is 0 Å². The Kier molecular flexibility index (Phi) is 5.44. The molecule has 3 N–H and O–H groups in total. The summed E-state index contributed by atoms with van der Waals surface area (Å²) in [6.07, 6.45) is 7.26. The van der Waals surface area contributed by atoms with Crippen LogP contribution in [0.4, 0.5) is 4.39 Å². The quantitative estimate of drug-likeness (QED) is 0.534. The molecule has 1 saturated heterocycles. The van der Waals surface area contributed by atoms with Gasteiger partial charge in [-0.15, -0.1) is 0 Å². The molecule has 1 aliphatic carbocycles. The zero-order valence-corrected chi connectivity index (χ0v) is 14.4. The van der Waals surface area contributed by atoms with Crippen molar-refractivity contribution in [3.05, 3.63) is 53.4 Å². The number of benzene rings is 1. The van der Waals surface area contributed by atoms with Gasteiger partial charge in [-0.3, -0.25) is 0 Å². The van der Waals surface area contributed by atoms with Crippen LogP contribution in [-0.4, -0.2) is 34.5 Å². The second kappa shape index (κ2) is 7.60. The third-order valence-electron chi connectivity index (χ3n) is 5.36. The Morgan fingerprint density at radius 2 is 2.23 bits per heavy atom. The smallest absolute Gasteiger partial charge is 0.327 e. The van der Waals surface area contributed by atoms with Crippen molar-refractivity contribution in [1.82, 2.24) is 0 Å². The number of carboxylic acids is 1. The van der Waals surface area contributed by atoms with Crippen molar-refractivity contribution in [3.63, 3.8) is 0 Å². The molecular weight excluding hydrogens is 339 g/mol. The molecule has 2 aliphatic rings. The Morgan fingerprint density at radius 3 is 2.92 bits per heavy atom. The molecule has 3 unspecified atom stereocenters. The number of phenolic OH excluding ortho intramolecular Hbond substituents is 1. The summed E-state index contributed by atoms with van der Waals surface area (Å²) in [5.74, 6) is -2.06. The van der Waals surface area contributed by atoms with Crippen molar-refractivity contribution < 1.29 is 29.2 Å². The minimum atomic E-state index is -0.972. The molecule has 6 heteroatoms. The van der Waals surface area contributed by atoms with Gasteiger partial charge in [-0.1, -0.05) is 23.8 Å². The lowest BCUT2D eigenvalue weighted by molar-refractivity contribution is -0.131. The lowest BCUT2D eigenvalue weighted by Crippen LogP contribution is -2.43. The third kappa shape index (κ3) is 3.81. The zero-order valence-electron chi connectivity index (χ0n) is 14.4. The molecule has 1 aromatic carbocycles. The van der Waals surface area contributed by atoms with E-state index in [0.29, 0.717) is 31.4 Å². The number of ether oxygens (including phenoxy) is 1. The summed E-state index contributed by atoms with van der Waals surface area (Å²) < 4.78 is 19.8. The van der Waals surface area contributed by atoms with E-state index >= 15 is 0 Å². The summed E-state index contributed by atoms with van der Waals surface area (Å²) in [7, 11) is 0. The highest BCUT2D eigenvalue weighted by Gasteiger charge is 2.45. The minimum absolute atomic E-state index is 0.00757. The van der Waals surface area contributed by atoms with Gasteiger partial charge in [0.05, 0.1) is 19.3 Å². The molecule has 3 atom stereocenters. The van der Waals surface area contributed by atoms with Crippen LogP contribution in [-0.2, 0) is 9.53 Å². The van der Waals surface area contributed by atoms with Crippen LogP contribution in [0.25, 0.3) is 0 Å². The maximum atomic E-state index is 13.8. The number of aliphatic hydroxyl groups excluding tert-OH is 1. The van der Waals surface area contributed by atoms with Crippen molar-refractivity contribution in [2.24, 2.45) is 11.3 Å². The van der Waals surface area contributed by atoms with Crippen LogP contribution in [0, 0.1) is 17.2 Å². The van der Waals surface area contributed by atoms with Gasteiger partial charge in [0.25, 0.3) is 0 Å². The number of carboxylic acid groups (broad SMARTS) is 1. The van der Waals surface area contributed by atoms with Crippen molar-refractivity contribution in [3.8, 4) is 5.75 Å². The topological polar surface area (TPSA) is 87.0 Å². The first-order chi connectivity index (χ1) is 12.4. The van der Waals surface area contributed by atoms with E-state index in [1.807, 2.05) is 0 Å². The maximum absolute atomic E-state index is 13.8. The van der Waals surface area contributed by atoms with Gasteiger partial charge in [0.15, 0.2) is 11.6 Å². The van der Waals surface area contributed by atoms with Crippen molar-refractivity contribution >= 4 is 5.97 Å². The Labute approximate surface area is 151 Å². The van der Waals surface area contributed by atoms with E-state index in [-0.39, 0.29) is 24.0 Å². The fraction of sp³-hybridized carbons (Fsp3) is 0.450. The molecule has 0 saturated carbocycles. The highest BCUT2D eigenvalue weighted by molar-refractivity contribution is 5.79. The van der Waals surface area contributed by atoms with Crippen molar-refractivity contribution in [2.45, 2.75) is 31.8 Å². The number of allylic oxidation sites excluding steroid dienone is 2. The number of phenols is 1. The normalized spacial score (nSPS) is 28.2. The lowest BCUT2D eigenvalue weighted by atomic mass is 9.65. The summed E-state index contributed by atoms with van der Waals surface area (Å²) in [4.78, 5) is 10.6. The first kappa shape index (κ1) is 18.6. The van der Waals surface area contributed by atoms with Gasteiger partial charge in [0.1, 0.15) is 0 Å². The fourth-order valence-electron chi connectivity index (χ4n) is 3.91. The van der Waals surface area contributed by atoms with E-state index in [4.69, 9.17) is 9.84 Å². The molecule has 2 bridgehead atoms. The molecular formula is C20H23FO5. The average Bonchev–Trinajstić information content (AvgIpc) is 2.63. The number of halogens is 1. The molecule has 1 heterocycles. The van der Waals surface area contributed by atoms with Gasteiger partial charge >= 0.3 is 5.97 Å². The van der Waals surface area contributed by atoms with E-state index in [0.717, 1.165) is 18.1 Å². The van der Waals surface area contributed by atoms with E-state index < -0.39 is 17.5 Å². The average molecular weight is 362 g/mol. The van der Waals surface area contributed by atoms with E-state index in [2.05, 4.69) is 6.08 Å². The molecule has 0 amide bonds. The summed E-state index contributed by atoms with van der Waals surface area (Å²) in [5.41, 5.74) is 1.49. The van der Waals surface area contributed by atoms with Crippen LogP contribution >= 0.6 is 0 Å². The molecule has 0 radical (unpaired) electrons. The highest BCUT2D eigenvalue weighted by Crippen LogP contribution is 2.51. The Hall–Kier alpha value is -2.18. The summed E-state index contributed by atoms with van der Waals surface area (Å²) in [6, 6.07) is 4.28. The summed E-state index contributed by atoms with van der Waals surface area (Å²) in [5, 5.41) is 27.9. The van der Waals surface area contributed by atoms with E-state index in [1.165, 1.54) is 12.1 Å². The number of aromatic hydroxyl groups is 1. The second-order valence-corrected chi connectivity index (χ2v) is 7.17. The van der Waals surface area contributed by atoms with Gasteiger partial charge in [0.2, 0.25) is 0 Å². The maximum Gasteiger partial charge on any atom is 0.327 e. The van der Waals surface area contributed by atoms with Crippen molar-refractivity contribution in [1.29, 1.82) is 0 Å². The van der Waals surface area contributed by atoms with E-state index in [9.17, 15) is 19.4 Å². The van der Waals surface area contributed by atoms with Crippen LogP contribution < -0.4 is 0 Å². The van der Waals surface area contributed by atoms with Crippen LogP contribution in [0.1, 0.15) is 37.4 Å². The number of hydrogen-bond acceptors (Lipinski definition) is 4. The first-order valence-corrected chi connectivity index (χ1v) is 8.73. The second-order valence-electron chi connectivity index (χ2n) is 7.17.